The standard InChI is InChI=1S/C14H19F2N3O3S.ClH/c1-9(19-13(20)12-7-14(15,16)8-18-12)10-4-3-5-11(6-10)23(21,22)17-2;/h3-6,9,12,17-18H,7-8H2,1-2H3,(H,19,20);1H. The zero-order valence-corrected chi connectivity index (χ0v) is 14.8. The van der Waals surface area contributed by atoms with Crippen molar-refractivity contribution in [2.75, 3.05) is 13.6 Å². The molecule has 0 radical (unpaired) electrons. The molecular weight excluding hydrogens is 364 g/mol. The fourth-order valence-corrected chi connectivity index (χ4v) is 3.15. The summed E-state index contributed by atoms with van der Waals surface area (Å²) in [6, 6.07) is 4.64. The minimum absolute atomic E-state index is 0. The third-order valence-corrected chi connectivity index (χ3v) is 5.13. The highest BCUT2D eigenvalue weighted by atomic mass is 35.5. The summed E-state index contributed by atoms with van der Waals surface area (Å²) in [5, 5.41) is 5.10. The van der Waals surface area contributed by atoms with Crippen molar-refractivity contribution in [3.63, 3.8) is 0 Å². The molecule has 0 spiro atoms. The number of benzene rings is 1. The Morgan fingerprint density at radius 2 is 2.08 bits per heavy atom. The van der Waals surface area contributed by atoms with Crippen molar-refractivity contribution in [2.24, 2.45) is 0 Å². The van der Waals surface area contributed by atoms with Gasteiger partial charge in [-0.1, -0.05) is 12.1 Å². The van der Waals surface area contributed by atoms with Crippen LogP contribution in [0.4, 0.5) is 8.78 Å². The minimum atomic E-state index is -3.59. The van der Waals surface area contributed by atoms with Gasteiger partial charge in [0.2, 0.25) is 15.9 Å². The molecule has 2 rings (SSSR count). The molecule has 1 heterocycles. The second-order valence-electron chi connectivity index (χ2n) is 5.50. The molecule has 6 nitrogen and oxygen atoms in total. The maximum absolute atomic E-state index is 13.1. The summed E-state index contributed by atoms with van der Waals surface area (Å²) in [7, 11) is -2.28. The summed E-state index contributed by atoms with van der Waals surface area (Å²) in [5.74, 6) is -3.41. The molecule has 1 amide bonds. The van der Waals surface area contributed by atoms with Crippen LogP contribution in [-0.2, 0) is 14.8 Å². The molecule has 0 aliphatic carbocycles. The lowest BCUT2D eigenvalue weighted by molar-refractivity contribution is -0.124. The first-order valence-corrected chi connectivity index (χ1v) is 8.58. The molecule has 10 heteroatoms. The predicted octanol–water partition coefficient (Wildman–Crippen LogP) is 1.19. The smallest absolute Gasteiger partial charge is 0.262 e. The van der Waals surface area contributed by atoms with E-state index in [1.807, 2.05) is 0 Å². The van der Waals surface area contributed by atoms with Crippen LogP contribution in [0.5, 0.6) is 0 Å². The second kappa shape index (κ2) is 7.73. The summed E-state index contributed by atoms with van der Waals surface area (Å²) in [6.45, 7) is 1.14. The molecule has 1 fully saturated rings. The molecule has 2 atom stereocenters. The van der Waals surface area contributed by atoms with Gasteiger partial charge in [0.25, 0.3) is 5.92 Å². The SMILES string of the molecule is CNS(=O)(=O)c1cccc(C(C)NC(=O)C2CC(F)(F)CN2)c1.Cl. The van der Waals surface area contributed by atoms with Crippen LogP contribution in [-0.4, -0.2) is 39.9 Å². The molecule has 0 saturated carbocycles. The maximum atomic E-state index is 13.1. The maximum Gasteiger partial charge on any atom is 0.262 e. The van der Waals surface area contributed by atoms with E-state index in [1.165, 1.54) is 19.2 Å². The van der Waals surface area contributed by atoms with E-state index >= 15 is 0 Å². The summed E-state index contributed by atoms with van der Waals surface area (Å²) in [6.07, 6.45) is -0.542. The Kier molecular flexibility index (Phi) is 6.68. The average molecular weight is 384 g/mol. The summed E-state index contributed by atoms with van der Waals surface area (Å²) in [5.41, 5.74) is 0.569. The molecule has 1 aromatic carbocycles. The van der Waals surface area contributed by atoms with Crippen molar-refractivity contribution >= 4 is 28.3 Å². The van der Waals surface area contributed by atoms with Gasteiger partial charge in [-0.25, -0.2) is 21.9 Å². The quantitative estimate of drug-likeness (QED) is 0.712. The summed E-state index contributed by atoms with van der Waals surface area (Å²) in [4.78, 5) is 12.1. The van der Waals surface area contributed by atoms with Crippen molar-refractivity contribution in [2.45, 2.75) is 36.2 Å². The van der Waals surface area contributed by atoms with Gasteiger partial charge in [0.15, 0.2) is 0 Å². The van der Waals surface area contributed by atoms with Crippen molar-refractivity contribution in [3.05, 3.63) is 29.8 Å². The molecular formula is C14H20ClF2N3O3S. The first-order valence-electron chi connectivity index (χ1n) is 7.10. The third kappa shape index (κ3) is 4.85. The van der Waals surface area contributed by atoms with E-state index in [0.717, 1.165) is 0 Å². The Bertz CT molecular complexity index is 700. The van der Waals surface area contributed by atoms with E-state index < -0.39 is 46.9 Å². The number of rotatable bonds is 5. The zero-order chi connectivity index (χ0) is 17.3. The molecule has 1 aliphatic heterocycles. The number of sulfonamides is 1. The van der Waals surface area contributed by atoms with Crippen LogP contribution in [0.1, 0.15) is 24.9 Å². The molecule has 1 aromatic rings. The molecule has 1 aliphatic rings. The fourth-order valence-electron chi connectivity index (χ4n) is 2.37. The number of alkyl halides is 2. The van der Waals surface area contributed by atoms with Crippen molar-refractivity contribution in [1.29, 1.82) is 0 Å². The van der Waals surface area contributed by atoms with Crippen LogP contribution in [0.2, 0.25) is 0 Å². The van der Waals surface area contributed by atoms with Crippen LogP contribution in [0, 0.1) is 0 Å². The lowest BCUT2D eigenvalue weighted by Gasteiger charge is -2.18. The molecule has 2 unspecified atom stereocenters. The average Bonchev–Trinajstić information content (AvgIpc) is 2.87. The Morgan fingerprint density at radius 1 is 1.42 bits per heavy atom. The third-order valence-electron chi connectivity index (χ3n) is 3.72. The van der Waals surface area contributed by atoms with Crippen molar-refractivity contribution in [1.82, 2.24) is 15.4 Å². The van der Waals surface area contributed by atoms with E-state index in [-0.39, 0.29) is 17.3 Å². The van der Waals surface area contributed by atoms with Crippen LogP contribution < -0.4 is 15.4 Å². The van der Waals surface area contributed by atoms with Gasteiger partial charge >= 0.3 is 0 Å². The number of hydrogen-bond donors (Lipinski definition) is 3. The van der Waals surface area contributed by atoms with Crippen molar-refractivity contribution < 1.29 is 22.0 Å². The van der Waals surface area contributed by atoms with Gasteiger partial charge in [0.1, 0.15) is 0 Å². The van der Waals surface area contributed by atoms with Gasteiger partial charge in [0.05, 0.1) is 23.5 Å². The van der Waals surface area contributed by atoms with E-state index in [2.05, 4.69) is 15.4 Å². The lowest BCUT2D eigenvalue weighted by Crippen LogP contribution is -2.41. The monoisotopic (exact) mass is 383 g/mol. The normalized spacial score (nSPS) is 20.9. The fraction of sp³-hybridized carbons (Fsp3) is 0.500. The molecule has 24 heavy (non-hydrogen) atoms. The summed E-state index contributed by atoms with van der Waals surface area (Å²) < 4.78 is 52.0. The van der Waals surface area contributed by atoms with Gasteiger partial charge in [-0.3, -0.25) is 10.1 Å². The van der Waals surface area contributed by atoms with E-state index in [1.54, 1.807) is 19.1 Å². The molecule has 136 valence electrons. The Labute approximate surface area is 145 Å². The van der Waals surface area contributed by atoms with Crippen molar-refractivity contribution in [3.8, 4) is 0 Å². The van der Waals surface area contributed by atoms with Crippen LogP contribution >= 0.6 is 12.4 Å². The highest BCUT2D eigenvalue weighted by Gasteiger charge is 2.42. The van der Waals surface area contributed by atoms with Crippen LogP contribution in [0.25, 0.3) is 0 Å². The predicted molar refractivity (Wildman–Crippen MR) is 87.8 cm³/mol. The number of halogens is 3. The van der Waals surface area contributed by atoms with Crippen LogP contribution in [0.3, 0.4) is 0 Å². The van der Waals surface area contributed by atoms with E-state index in [0.29, 0.717) is 5.56 Å². The second-order valence-corrected chi connectivity index (χ2v) is 7.39. The number of carbonyl (C=O) groups is 1. The van der Waals surface area contributed by atoms with E-state index in [9.17, 15) is 22.0 Å². The number of carbonyl (C=O) groups excluding carboxylic acids is 1. The Balaban J connectivity index is 0.00000288. The zero-order valence-electron chi connectivity index (χ0n) is 13.2. The summed E-state index contributed by atoms with van der Waals surface area (Å²) >= 11 is 0. The molecule has 3 N–H and O–H groups in total. The number of amides is 1. The Morgan fingerprint density at radius 3 is 2.62 bits per heavy atom. The Hall–Kier alpha value is -1.29. The van der Waals surface area contributed by atoms with Crippen LogP contribution in [0.15, 0.2) is 29.2 Å². The molecule has 0 bridgehead atoms. The molecule has 0 aromatic heterocycles. The number of nitrogens with one attached hydrogen (secondary N) is 3. The van der Waals surface area contributed by atoms with Gasteiger partial charge < -0.3 is 5.32 Å². The first kappa shape index (κ1) is 20.8. The first-order chi connectivity index (χ1) is 10.6. The topological polar surface area (TPSA) is 87.3 Å². The number of hydrogen-bond acceptors (Lipinski definition) is 4. The van der Waals surface area contributed by atoms with Gasteiger partial charge in [-0.15, -0.1) is 12.4 Å². The lowest BCUT2D eigenvalue weighted by atomic mass is 10.1. The highest BCUT2D eigenvalue weighted by molar-refractivity contribution is 7.89. The van der Waals surface area contributed by atoms with Gasteiger partial charge in [-0.2, -0.15) is 0 Å². The minimum Gasteiger partial charge on any atom is -0.348 e. The van der Waals surface area contributed by atoms with Gasteiger partial charge in [0, 0.05) is 6.42 Å². The van der Waals surface area contributed by atoms with E-state index in [4.69, 9.17) is 0 Å². The van der Waals surface area contributed by atoms with Gasteiger partial charge in [-0.05, 0) is 31.7 Å². The largest absolute Gasteiger partial charge is 0.348 e. The highest BCUT2D eigenvalue weighted by Crippen LogP contribution is 2.25. The molecule has 1 saturated heterocycles.